The smallest absolute Gasteiger partial charge is 0.177 e. The fraction of sp³-hybridized carbons (Fsp3) is 0.500. The van der Waals surface area contributed by atoms with Gasteiger partial charge in [-0.05, 0) is 37.5 Å². The number of nitrogens with zero attached hydrogens (tertiary/aromatic N) is 1. The number of hydrogen-bond acceptors (Lipinski definition) is 3. The van der Waals surface area contributed by atoms with Gasteiger partial charge in [0.1, 0.15) is 5.75 Å². The second kappa shape index (κ2) is 7.87. The third-order valence-electron chi connectivity index (χ3n) is 3.92. The maximum atomic E-state index is 12.2. The van der Waals surface area contributed by atoms with Crippen LogP contribution in [-0.4, -0.2) is 25.0 Å². The molecule has 21 heavy (non-hydrogen) atoms. The summed E-state index contributed by atoms with van der Waals surface area (Å²) in [4.78, 5) is 14.4. The van der Waals surface area contributed by atoms with Crippen molar-refractivity contribution in [2.45, 2.75) is 45.1 Å². The summed E-state index contributed by atoms with van der Waals surface area (Å²) in [5.41, 5.74) is 1.04. The van der Waals surface area contributed by atoms with E-state index < -0.39 is 0 Å². The summed E-state index contributed by atoms with van der Waals surface area (Å²) in [5, 5.41) is 0. The Labute approximate surface area is 127 Å². The molecule has 0 spiro atoms. The Bertz CT molecular complexity index is 484. The van der Waals surface area contributed by atoms with Gasteiger partial charge in [-0.3, -0.25) is 4.79 Å². The zero-order valence-electron chi connectivity index (χ0n) is 12.9. The van der Waals surface area contributed by atoms with Gasteiger partial charge in [-0.15, -0.1) is 0 Å². The van der Waals surface area contributed by atoms with Crippen molar-refractivity contribution in [1.29, 1.82) is 0 Å². The maximum Gasteiger partial charge on any atom is 0.177 e. The Kier molecular flexibility index (Phi) is 5.85. The molecule has 0 N–H and O–H groups in total. The van der Waals surface area contributed by atoms with Crippen LogP contribution in [0.4, 0.5) is 5.69 Å². The summed E-state index contributed by atoms with van der Waals surface area (Å²) in [7, 11) is 0. The van der Waals surface area contributed by atoms with Crippen LogP contribution in [0, 0.1) is 0 Å². The highest BCUT2D eigenvalue weighted by molar-refractivity contribution is 5.96. The fourth-order valence-electron chi connectivity index (χ4n) is 2.86. The molecular weight excluding hydrogens is 262 g/mol. The maximum absolute atomic E-state index is 12.2. The van der Waals surface area contributed by atoms with Gasteiger partial charge in [0.2, 0.25) is 0 Å². The number of carbonyl (C=O) groups excluding carboxylic acids is 1. The molecule has 114 valence electrons. The molecule has 1 atom stereocenters. The second-order valence-electron chi connectivity index (χ2n) is 5.48. The molecule has 0 radical (unpaired) electrons. The summed E-state index contributed by atoms with van der Waals surface area (Å²) in [6.45, 7) is 7.35. The molecule has 1 aliphatic rings. The molecule has 1 unspecified atom stereocenters. The molecule has 0 aromatic heterocycles. The Morgan fingerprint density at radius 2 is 2.19 bits per heavy atom. The van der Waals surface area contributed by atoms with E-state index in [0.717, 1.165) is 43.7 Å². The molecule has 1 saturated heterocycles. The highest BCUT2D eigenvalue weighted by Gasteiger charge is 2.27. The van der Waals surface area contributed by atoms with E-state index >= 15 is 0 Å². The van der Waals surface area contributed by atoms with E-state index in [9.17, 15) is 4.79 Å². The van der Waals surface area contributed by atoms with Crippen LogP contribution in [-0.2, 0) is 4.79 Å². The minimum Gasteiger partial charge on any atom is -0.491 e. The lowest BCUT2D eigenvalue weighted by molar-refractivity contribution is -0.115. The molecule has 3 nitrogen and oxygen atoms in total. The molecule has 1 aromatic rings. The topological polar surface area (TPSA) is 29.5 Å². The van der Waals surface area contributed by atoms with E-state index in [1.54, 1.807) is 0 Å². The van der Waals surface area contributed by atoms with Crippen LogP contribution in [0.5, 0.6) is 5.75 Å². The SMILES string of the molecule is C=CC(=O)C1CCCCCN1c1ccccc1OCCC. The zero-order chi connectivity index (χ0) is 15.1. The van der Waals surface area contributed by atoms with Crippen molar-refractivity contribution in [3.8, 4) is 5.75 Å². The summed E-state index contributed by atoms with van der Waals surface area (Å²) < 4.78 is 5.86. The number of rotatable bonds is 6. The molecule has 2 rings (SSSR count). The summed E-state index contributed by atoms with van der Waals surface area (Å²) >= 11 is 0. The lowest BCUT2D eigenvalue weighted by Crippen LogP contribution is -2.40. The lowest BCUT2D eigenvalue weighted by atomic mass is 10.0. The van der Waals surface area contributed by atoms with Crippen LogP contribution >= 0.6 is 0 Å². The Hall–Kier alpha value is -1.77. The van der Waals surface area contributed by atoms with Crippen LogP contribution in [0.1, 0.15) is 39.0 Å². The van der Waals surface area contributed by atoms with Gasteiger partial charge in [0, 0.05) is 6.54 Å². The van der Waals surface area contributed by atoms with E-state index in [2.05, 4.69) is 24.5 Å². The van der Waals surface area contributed by atoms with E-state index in [0.29, 0.717) is 6.61 Å². The predicted octanol–water partition coefficient (Wildman–Crippen LogP) is 3.98. The van der Waals surface area contributed by atoms with Crippen molar-refractivity contribution in [2.24, 2.45) is 0 Å². The largest absolute Gasteiger partial charge is 0.491 e. The van der Waals surface area contributed by atoms with Gasteiger partial charge in [0.25, 0.3) is 0 Å². The number of benzene rings is 1. The van der Waals surface area contributed by atoms with E-state index in [-0.39, 0.29) is 11.8 Å². The highest BCUT2D eigenvalue weighted by atomic mass is 16.5. The van der Waals surface area contributed by atoms with Crippen LogP contribution in [0.25, 0.3) is 0 Å². The zero-order valence-corrected chi connectivity index (χ0v) is 12.9. The van der Waals surface area contributed by atoms with E-state index in [1.165, 1.54) is 12.5 Å². The summed E-state index contributed by atoms with van der Waals surface area (Å²) in [6.07, 6.45) is 6.71. The molecular formula is C18H25NO2. The van der Waals surface area contributed by atoms with Gasteiger partial charge in [-0.1, -0.05) is 38.5 Å². The van der Waals surface area contributed by atoms with Crippen molar-refractivity contribution in [2.75, 3.05) is 18.1 Å². The first kappa shape index (κ1) is 15.6. The third-order valence-corrected chi connectivity index (χ3v) is 3.92. The Morgan fingerprint density at radius 1 is 1.38 bits per heavy atom. The predicted molar refractivity (Wildman–Crippen MR) is 87.0 cm³/mol. The summed E-state index contributed by atoms with van der Waals surface area (Å²) in [5.74, 6) is 0.991. The first-order valence-corrected chi connectivity index (χ1v) is 7.92. The van der Waals surface area contributed by atoms with Gasteiger partial charge >= 0.3 is 0 Å². The summed E-state index contributed by atoms with van der Waals surface area (Å²) in [6, 6.07) is 7.94. The molecule has 3 heteroatoms. The highest BCUT2D eigenvalue weighted by Crippen LogP contribution is 2.33. The van der Waals surface area contributed by atoms with Gasteiger partial charge in [0.05, 0.1) is 18.3 Å². The van der Waals surface area contributed by atoms with Gasteiger partial charge < -0.3 is 9.64 Å². The monoisotopic (exact) mass is 287 g/mol. The molecule has 0 aliphatic carbocycles. The van der Waals surface area contributed by atoms with Crippen LogP contribution < -0.4 is 9.64 Å². The molecule has 0 amide bonds. The minimum atomic E-state index is -0.101. The van der Waals surface area contributed by atoms with Gasteiger partial charge in [-0.25, -0.2) is 0 Å². The Balaban J connectivity index is 2.31. The fourth-order valence-corrected chi connectivity index (χ4v) is 2.86. The normalized spacial score (nSPS) is 18.9. The number of para-hydroxylation sites is 2. The quantitative estimate of drug-likeness (QED) is 0.741. The molecule has 1 aliphatic heterocycles. The van der Waals surface area contributed by atoms with Gasteiger partial charge in [-0.2, -0.15) is 0 Å². The van der Waals surface area contributed by atoms with Crippen LogP contribution in [0.2, 0.25) is 0 Å². The number of ether oxygens (including phenoxy) is 1. The number of carbonyl (C=O) groups is 1. The average molecular weight is 287 g/mol. The molecule has 1 fully saturated rings. The van der Waals surface area contributed by atoms with Gasteiger partial charge in [0.15, 0.2) is 5.78 Å². The van der Waals surface area contributed by atoms with E-state index in [4.69, 9.17) is 4.74 Å². The van der Waals surface area contributed by atoms with Crippen molar-refractivity contribution in [3.05, 3.63) is 36.9 Å². The second-order valence-corrected chi connectivity index (χ2v) is 5.48. The standard InChI is InChI=1S/C18H25NO2/c1-3-14-21-18-12-8-7-11-16(18)19-13-9-5-6-10-15(19)17(20)4-2/h4,7-8,11-12,15H,2-3,5-6,9-10,13-14H2,1H3. The van der Waals surface area contributed by atoms with Crippen molar-refractivity contribution >= 4 is 11.5 Å². The number of anilines is 1. The Morgan fingerprint density at radius 3 is 2.95 bits per heavy atom. The molecule has 1 aromatic carbocycles. The van der Waals surface area contributed by atoms with Crippen molar-refractivity contribution in [3.63, 3.8) is 0 Å². The molecule has 0 saturated carbocycles. The van der Waals surface area contributed by atoms with Crippen molar-refractivity contribution < 1.29 is 9.53 Å². The van der Waals surface area contributed by atoms with Crippen LogP contribution in [0.15, 0.2) is 36.9 Å². The van der Waals surface area contributed by atoms with Crippen LogP contribution in [0.3, 0.4) is 0 Å². The number of ketones is 1. The van der Waals surface area contributed by atoms with Crippen molar-refractivity contribution in [1.82, 2.24) is 0 Å². The molecule has 0 bridgehead atoms. The first-order valence-electron chi connectivity index (χ1n) is 7.92. The number of hydrogen-bond donors (Lipinski definition) is 0. The third kappa shape index (κ3) is 3.87. The van der Waals surface area contributed by atoms with E-state index in [1.807, 2.05) is 18.2 Å². The lowest BCUT2D eigenvalue weighted by Gasteiger charge is -2.31. The average Bonchev–Trinajstić information content (AvgIpc) is 2.78. The minimum absolute atomic E-state index is 0.101. The molecule has 1 heterocycles. The first-order chi connectivity index (χ1) is 10.3.